The van der Waals surface area contributed by atoms with Crippen molar-refractivity contribution < 1.29 is 4.39 Å². The fraction of sp³-hybridized carbons (Fsp3) is 0.667. The zero-order valence-electron chi connectivity index (χ0n) is 8.92. The minimum Gasteiger partial charge on any atom is -0.311 e. The predicted octanol–water partition coefficient (Wildman–Crippen LogP) is 3.14. The third kappa shape index (κ3) is 1.62. The zero-order chi connectivity index (χ0) is 10.5. The monoisotopic (exact) mass is 225 g/mol. The smallest absolute Gasteiger partial charge is 0.148 e. The van der Waals surface area contributed by atoms with Gasteiger partial charge in [0.05, 0.1) is 0 Å². The van der Waals surface area contributed by atoms with Crippen molar-refractivity contribution in [3.05, 3.63) is 21.9 Å². The first kappa shape index (κ1) is 9.79. The number of alkyl halides is 1. The molecule has 2 aliphatic heterocycles. The number of aryl methyl sites for hydroxylation is 1. The normalized spacial score (nSPS) is 39.6. The molecular weight excluding hydrogens is 209 g/mol. The molecule has 82 valence electrons. The highest BCUT2D eigenvalue weighted by Gasteiger charge is 2.45. The summed E-state index contributed by atoms with van der Waals surface area (Å²) >= 11 is 1.62. The Balaban J connectivity index is 1.90. The number of hydrogen-bond acceptors (Lipinski definition) is 2. The van der Waals surface area contributed by atoms with Crippen molar-refractivity contribution in [1.82, 2.24) is 5.32 Å². The molecule has 2 unspecified atom stereocenters. The fourth-order valence-electron chi connectivity index (χ4n) is 2.97. The molecule has 1 aromatic rings. The van der Waals surface area contributed by atoms with Crippen LogP contribution in [0.15, 0.2) is 12.1 Å². The van der Waals surface area contributed by atoms with E-state index in [9.17, 15) is 4.39 Å². The lowest BCUT2D eigenvalue weighted by molar-refractivity contribution is 0.0913. The Morgan fingerprint density at radius 3 is 2.53 bits per heavy atom. The predicted molar refractivity (Wildman–Crippen MR) is 61.0 cm³/mol. The van der Waals surface area contributed by atoms with Crippen LogP contribution in [-0.4, -0.2) is 12.1 Å². The summed E-state index contributed by atoms with van der Waals surface area (Å²) in [5.41, 5.74) is -1.05. The van der Waals surface area contributed by atoms with Crippen LogP contribution in [0.25, 0.3) is 0 Å². The van der Waals surface area contributed by atoms with E-state index in [1.54, 1.807) is 11.3 Å². The van der Waals surface area contributed by atoms with Crippen molar-refractivity contribution in [2.75, 3.05) is 0 Å². The van der Waals surface area contributed by atoms with Gasteiger partial charge in [-0.25, -0.2) is 4.39 Å². The first-order valence-electron chi connectivity index (χ1n) is 5.68. The van der Waals surface area contributed by atoms with Crippen LogP contribution >= 0.6 is 11.3 Å². The quantitative estimate of drug-likeness (QED) is 0.774. The SMILES string of the molecule is Cc1ccc(C2(F)CC3CCC(C2)N3)s1. The molecule has 1 aromatic heterocycles. The number of piperidine rings is 1. The minimum atomic E-state index is -1.05. The van der Waals surface area contributed by atoms with E-state index in [-0.39, 0.29) is 0 Å². The maximum Gasteiger partial charge on any atom is 0.148 e. The number of fused-ring (bicyclic) bond motifs is 2. The van der Waals surface area contributed by atoms with Gasteiger partial charge in [-0.05, 0) is 31.9 Å². The molecule has 0 spiro atoms. The summed E-state index contributed by atoms with van der Waals surface area (Å²) in [6.07, 6.45) is 3.65. The summed E-state index contributed by atoms with van der Waals surface area (Å²) in [6.45, 7) is 2.05. The van der Waals surface area contributed by atoms with Gasteiger partial charge in [0.25, 0.3) is 0 Å². The second-order valence-corrected chi connectivity index (χ2v) is 6.21. The van der Waals surface area contributed by atoms with Crippen LogP contribution in [0, 0.1) is 6.92 Å². The van der Waals surface area contributed by atoms with E-state index in [0.29, 0.717) is 24.9 Å². The molecule has 2 saturated heterocycles. The molecule has 2 aliphatic rings. The van der Waals surface area contributed by atoms with Crippen molar-refractivity contribution >= 4 is 11.3 Å². The van der Waals surface area contributed by atoms with Crippen LogP contribution in [0.2, 0.25) is 0 Å². The molecule has 0 radical (unpaired) electrons. The standard InChI is InChI=1S/C12H16FNS/c1-8-2-5-11(15-8)12(13)6-9-3-4-10(7-12)14-9/h2,5,9-10,14H,3-4,6-7H2,1H3. The molecule has 3 heteroatoms. The largest absolute Gasteiger partial charge is 0.311 e. The highest BCUT2D eigenvalue weighted by molar-refractivity contribution is 7.12. The average Bonchev–Trinajstić information content (AvgIpc) is 2.74. The molecule has 1 N–H and O–H groups in total. The Morgan fingerprint density at radius 1 is 1.33 bits per heavy atom. The van der Waals surface area contributed by atoms with E-state index >= 15 is 0 Å². The van der Waals surface area contributed by atoms with Crippen LogP contribution in [-0.2, 0) is 5.67 Å². The Kier molecular flexibility index (Phi) is 2.15. The van der Waals surface area contributed by atoms with Gasteiger partial charge in [0, 0.05) is 34.7 Å². The molecule has 2 bridgehead atoms. The summed E-state index contributed by atoms with van der Waals surface area (Å²) in [7, 11) is 0. The lowest BCUT2D eigenvalue weighted by atomic mass is 9.88. The Labute approximate surface area is 93.7 Å². The van der Waals surface area contributed by atoms with Gasteiger partial charge < -0.3 is 5.32 Å². The Hall–Kier alpha value is -0.410. The lowest BCUT2D eigenvalue weighted by Gasteiger charge is -2.34. The molecule has 2 atom stereocenters. The summed E-state index contributed by atoms with van der Waals surface area (Å²) < 4.78 is 14.8. The molecule has 0 amide bonds. The topological polar surface area (TPSA) is 12.0 Å². The van der Waals surface area contributed by atoms with E-state index in [1.165, 1.54) is 4.88 Å². The van der Waals surface area contributed by atoms with Gasteiger partial charge >= 0.3 is 0 Å². The van der Waals surface area contributed by atoms with Crippen LogP contribution in [0.3, 0.4) is 0 Å². The summed E-state index contributed by atoms with van der Waals surface area (Å²) in [6, 6.07) is 4.84. The van der Waals surface area contributed by atoms with Gasteiger partial charge in [0.1, 0.15) is 5.67 Å². The minimum absolute atomic E-state index is 0.413. The Morgan fingerprint density at radius 2 is 2.00 bits per heavy atom. The number of nitrogens with one attached hydrogen (secondary N) is 1. The van der Waals surface area contributed by atoms with E-state index in [1.807, 2.05) is 19.1 Å². The van der Waals surface area contributed by atoms with E-state index in [2.05, 4.69) is 5.32 Å². The van der Waals surface area contributed by atoms with Gasteiger partial charge in [-0.1, -0.05) is 0 Å². The highest BCUT2D eigenvalue weighted by Crippen LogP contribution is 2.45. The Bertz CT molecular complexity index is 361. The van der Waals surface area contributed by atoms with E-state index in [0.717, 1.165) is 17.7 Å². The summed E-state index contributed by atoms with van der Waals surface area (Å²) in [5.74, 6) is 0. The molecular formula is C12H16FNS. The van der Waals surface area contributed by atoms with E-state index < -0.39 is 5.67 Å². The zero-order valence-corrected chi connectivity index (χ0v) is 9.74. The van der Waals surface area contributed by atoms with Crippen LogP contribution in [0.1, 0.15) is 35.4 Å². The maximum absolute atomic E-state index is 14.8. The molecule has 0 aliphatic carbocycles. The number of thiophene rings is 1. The second-order valence-electron chi connectivity index (χ2n) is 4.92. The maximum atomic E-state index is 14.8. The fourth-order valence-corrected chi connectivity index (χ4v) is 3.93. The van der Waals surface area contributed by atoms with Gasteiger partial charge in [-0.15, -0.1) is 11.3 Å². The van der Waals surface area contributed by atoms with Gasteiger partial charge in [-0.3, -0.25) is 0 Å². The van der Waals surface area contributed by atoms with Crippen molar-refractivity contribution in [3.63, 3.8) is 0 Å². The first-order chi connectivity index (χ1) is 7.16. The van der Waals surface area contributed by atoms with Crippen molar-refractivity contribution in [2.24, 2.45) is 0 Å². The molecule has 1 nitrogen and oxygen atoms in total. The third-order valence-corrected chi connectivity index (χ3v) is 4.84. The number of rotatable bonds is 1. The van der Waals surface area contributed by atoms with Gasteiger partial charge in [0.2, 0.25) is 0 Å². The van der Waals surface area contributed by atoms with Gasteiger partial charge in [0.15, 0.2) is 0 Å². The highest BCUT2D eigenvalue weighted by atomic mass is 32.1. The number of halogens is 1. The molecule has 15 heavy (non-hydrogen) atoms. The molecule has 3 heterocycles. The van der Waals surface area contributed by atoms with Crippen LogP contribution < -0.4 is 5.32 Å². The number of hydrogen-bond donors (Lipinski definition) is 1. The third-order valence-electron chi connectivity index (χ3n) is 3.66. The molecule has 3 rings (SSSR count). The van der Waals surface area contributed by atoms with Crippen molar-refractivity contribution in [2.45, 2.75) is 50.4 Å². The first-order valence-corrected chi connectivity index (χ1v) is 6.49. The summed E-state index contributed by atoms with van der Waals surface area (Å²) in [4.78, 5) is 2.16. The lowest BCUT2D eigenvalue weighted by Crippen LogP contribution is -2.44. The average molecular weight is 225 g/mol. The van der Waals surface area contributed by atoms with E-state index in [4.69, 9.17) is 0 Å². The van der Waals surface area contributed by atoms with Crippen molar-refractivity contribution in [3.8, 4) is 0 Å². The van der Waals surface area contributed by atoms with Crippen molar-refractivity contribution in [1.29, 1.82) is 0 Å². The summed E-state index contributed by atoms with van der Waals surface area (Å²) in [5, 5.41) is 3.49. The molecule has 0 saturated carbocycles. The second kappa shape index (κ2) is 3.29. The molecule has 2 fully saturated rings. The van der Waals surface area contributed by atoms with Gasteiger partial charge in [-0.2, -0.15) is 0 Å². The molecule has 0 aromatic carbocycles. The van der Waals surface area contributed by atoms with Crippen LogP contribution in [0.5, 0.6) is 0 Å². The van der Waals surface area contributed by atoms with Crippen LogP contribution in [0.4, 0.5) is 4.39 Å².